The van der Waals surface area contributed by atoms with Crippen LogP contribution in [0.1, 0.15) is 31.7 Å². The van der Waals surface area contributed by atoms with Crippen molar-refractivity contribution in [3.05, 3.63) is 17.8 Å². The standard InChI is InChI=1S/C18H26N4O5/c1-18(26)14(24)13(10-23)27-16(18)22-9-11-12(21-7-3-2-4-8-21)5-6-19-15(11)20-17(22)25/h5-6,13-14,16,23-24,26H,2-4,7-10H2,1H3,(H,19,20,25)/t13?,14-,16-,18-/m1/s1. The number of ether oxygens (including phenoxy) is 1. The Morgan fingerprint density at radius 2 is 2.11 bits per heavy atom. The third-order valence-electron chi connectivity index (χ3n) is 5.76. The first-order chi connectivity index (χ1) is 12.9. The minimum atomic E-state index is -1.70. The van der Waals surface area contributed by atoms with Crippen molar-refractivity contribution in [3.8, 4) is 0 Å². The number of fused-ring (bicyclic) bond motifs is 1. The number of amides is 2. The van der Waals surface area contributed by atoms with Gasteiger partial charge in [-0.25, -0.2) is 9.78 Å². The van der Waals surface area contributed by atoms with E-state index in [1.165, 1.54) is 18.2 Å². The number of nitrogens with zero attached hydrogens (tertiary/aromatic N) is 3. The third-order valence-corrected chi connectivity index (χ3v) is 5.76. The zero-order valence-corrected chi connectivity index (χ0v) is 15.3. The van der Waals surface area contributed by atoms with E-state index >= 15 is 0 Å². The summed E-state index contributed by atoms with van der Waals surface area (Å²) in [6, 6.07) is 1.49. The lowest BCUT2D eigenvalue weighted by molar-refractivity contribution is -0.120. The second-order valence-electron chi connectivity index (χ2n) is 7.64. The van der Waals surface area contributed by atoms with Crippen molar-refractivity contribution in [3.63, 3.8) is 0 Å². The number of nitrogens with one attached hydrogen (secondary N) is 1. The molecule has 0 aliphatic carbocycles. The molecule has 148 valence electrons. The largest absolute Gasteiger partial charge is 0.394 e. The maximum atomic E-state index is 12.6. The van der Waals surface area contributed by atoms with Crippen LogP contribution in [0.2, 0.25) is 0 Å². The molecule has 4 N–H and O–H groups in total. The summed E-state index contributed by atoms with van der Waals surface area (Å²) in [4.78, 5) is 20.6. The number of carbonyl (C=O) groups is 1. The lowest BCUT2D eigenvalue weighted by atomic mass is 9.95. The fourth-order valence-electron chi connectivity index (χ4n) is 4.21. The van der Waals surface area contributed by atoms with Crippen molar-refractivity contribution in [2.24, 2.45) is 0 Å². The topological polar surface area (TPSA) is 118 Å². The van der Waals surface area contributed by atoms with Crippen LogP contribution in [-0.4, -0.2) is 75.0 Å². The number of urea groups is 1. The van der Waals surface area contributed by atoms with E-state index in [9.17, 15) is 20.1 Å². The quantitative estimate of drug-likeness (QED) is 0.595. The van der Waals surface area contributed by atoms with Gasteiger partial charge in [0.05, 0.1) is 13.2 Å². The molecule has 1 unspecified atom stereocenters. The molecule has 0 radical (unpaired) electrons. The molecule has 2 amide bonds. The van der Waals surface area contributed by atoms with Crippen molar-refractivity contribution >= 4 is 17.5 Å². The van der Waals surface area contributed by atoms with Gasteiger partial charge in [0.15, 0.2) is 6.23 Å². The number of pyridine rings is 1. The van der Waals surface area contributed by atoms with Crippen LogP contribution in [0.4, 0.5) is 16.3 Å². The van der Waals surface area contributed by atoms with E-state index in [0.29, 0.717) is 5.82 Å². The van der Waals surface area contributed by atoms with E-state index in [1.807, 2.05) is 6.07 Å². The summed E-state index contributed by atoms with van der Waals surface area (Å²) >= 11 is 0. The number of aliphatic hydroxyl groups excluding tert-OH is 2. The number of rotatable bonds is 3. The summed E-state index contributed by atoms with van der Waals surface area (Å²) < 4.78 is 5.63. The van der Waals surface area contributed by atoms with E-state index in [1.54, 1.807) is 6.20 Å². The number of piperidine rings is 1. The molecule has 4 rings (SSSR count). The van der Waals surface area contributed by atoms with Crippen LogP contribution >= 0.6 is 0 Å². The molecule has 0 bridgehead atoms. The Morgan fingerprint density at radius 1 is 1.37 bits per heavy atom. The number of hydrogen-bond donors (Lipinski definition) is 4. The maximum Gasteiger partial charge on any atom is 0.325 e. The van der Waals surface area contributed by atoms with Gasteiger partial charge in [-0.1, -0.05) is 0 Å². The molecule has 4 heterocycles. The molecule has 4 atom stereocenters. The van der Waals surface area contributed by atoms with Crippen LogP contribution in [0.5, 0.6) is 0 Å². The first-order valence-electron chi connectivity index (χ1n) is 9.40. The van der Waals surface area contributed by atoms with Crippen molar-refractivity contribution in [2.75, 3.05) is 29.9 Å². The molecule has 27 heavy (non-hydrogen) atoms. The molecule has 1 aromatic heterocycles. The fourth-order valence-corrected chi connectivity index (χ4v) is 4.21. The smallest absolute Gasteiger partial charge is 0.325 e. The highest BCUT2D eigenvalue weighted by atomic mass is 16.6. The Hall–Kier alpha value is -1.94. The van der Waals surface area contributed by atoms with E-state index in [2.05, 4.69) is 15.2 Å². The molecule has 2 saturated heterocycles. The highest BCUT2D eigenvalue weighted by molar-refractivity contribution is 5.92. The lowest BCUT2D eigenvalue weighted by Gasteiger charge is -2.40. The first-order valence-corrected chi connectivity index (χ1v) is 9.40. The molecular formula is C18H26N4O5. The maximum absolute atomic E-state index is 12.6. The summed E-state index contributed by atoms with van der Waals surface area (Å²) in [6.07, 6.45) is 1.83. The number of aliphatic hydroxyl groups is 3. The summed E-state index contributed by atoms with van der Waals surface area (Å²) in [5.74, 6) is 0.510. The number of carbonyl (C=O) groups excluding carboxylic acids is 1. The molecule has 3 aliphatic rings. The molecule has 0 spiro atoms. The molecule has 2 fully saturated rings. The van der Waals surface area contributed by atoms with Crippen LogP contribution in [0, 0.1) is 0 Å². The minimum Gasteiger partial charge on any atom is -0.394 e. The molecule has 0 saturated carbocycles. The zero-order chi connectivity index (χ0) is 19.2. The Kier molecular flexibility index (Phi) is 4.71. The van der Waals surface area contributed by atoms with E-state index in [0.717, 1.165) is 37.2 Å². The van der Waals surface area contributed by atoms with Gasteiger partial charge in [0.25, 0.3) is 0 Å². The molecular weight excluding hydrogens is 352 g/mol. The highest BCUT2D eigenvalue weighted by Gasteiger charge is 2.56. The predicted octanol–water partition coefficient (Wildman–Crippen LogP) is 0.248. The van der Waals surface area contributed by atoms with Gasteiger partial charge >= 0.3 is 6.03 Å². The molecule has 3 aliphatic heterocycles. The highest BCUT2D eigenvalue weighted by Crippen LogP contribution is 2.38. The fraction of sp³-hybridized carbons (Fsp3) is 0.667. The van der Waals surface area contributed by atoms with Gasteiger partial charge < -0.3 is 25.0 Å². The van der Waals surface area contributed by atoms with E-state index in [4.69, 9.17) is 4.74 Å². The van der Waals surface area contributed by atoms with Gasteiger partial charge in [0.2, 0.25) is 0 Å². The zero-order valence-electron chi connectivity index (χ0n) is 15.3. The number of anilines is 2. The lowest BCUT2D eigenvalue weighted by Crippen LogP contribution is -2.56. The summed E-state index contributed by atoms with van der Waals surface area (Å²) in [5, 5.41) is 33.1. The summed E-state index contributed by atoms with van der Waals surface area (Å²) in [6.45, 7) is 3.07. The van der Waals surface area contributed by atoms with Crippen molar-refractivity contribution in [1.29, 1.82) is 0 Å². The Morgan fingerprint density at radius 3 is 2.78 bits per heavy atom. The van der Waals surface area contributed by atoms with Gasteiger partial charge in [-0.05, 0) is 32.3 Å². The summed E-state index contributed by atoms with van der Waals surface area (Å²) in [7, 11) is 0. The number of aromatic nitrogens is 1. The van der Waals surface area contributed by atoms with Crippen LogP contribution in [0.25, 0.3) is 0 Å². The van der Waals surface area contributed by atoms with Crippen LogP contribution in [-0.2, 0) is 11.3 Å². The van der Waals surface area contributed by atoms with Gasteiger partial charge in [0, 0.05) is 30.5 Å². The molecule has 9 heteroatoms. The Balaban J connectivity index is 1.65. The van der Waals surface area contributed by atoms with Gasteiger partial charge in [-0.2, -0.15) is 0 Å². The van der Waals surface area contributed by atoms with Gasteiger partial charge in [-0.15, -0.1) is 0 Å². The van der Waals surface area contributed by atoms with Gasteiger partial charge in [0.1, 0.15) is 23.6 Å². The van der Waals surface area contributed by atoms with Crippen molar-refractivity contribution < 1.29 is 24.9 Å². The van der Waals surface area contributed by atoms with Crippen LogP contribution in [0.15, 0.2) is 12.3 Å². The number of hydrogen-bond acceptors (Lipinski definition) is 7. The van der Waals surface area contributed by atoms with Crippen molar-refractivity contribution in [1.82, 2.24) is 9.88 Å². The monoisotopic (exact) mass is 378 g/mol. The predicted molar refractivity (Wildman–Crippen MR) is 97.2 cm³/mol. The minimum absolute atomic E-state index is 0.201. The first kappa shape index (κ1) is 18.4. The second kappa shape index (κ2) is 6.90. The molecule has 9 nitrogen and oxygen atoms in total. The average molecular weight is 378 g/mol. The molecule has 0 aromatic carbocycles. The molecule has 1 aromatic rings. The normalized spacial score (nSPS) is 33.8. The Labute approximate surface area is 157 Å². The van der Waals surface area contributed by atoms with Crippen LogP contribution < -0.4 is 10.2 Å². The van der Waals surface area contributed by atoms with E-state index < -0.39 is 36.7 Å². The Bertz CT molecular complexity index is 722. The van der Waals surface area contributed by atoms with Crippen molar-refractivity contribution in [2.45, 2.75) is 56.8 Å². The average Bonchev–Trinajstić information content (AvgIpc) is 2.90. The summed E-state index contributed by atoms with van der Waals surface area (Å²) in [5.41, 5.74) is 0.178. The SMILES string of the molecule is C[C@@]1(O)[C@H](O)C(CO)O[C@H]1N1Cc2c(N3CCCCC3)ccnc2NC1=O. The third kappa shape index (κ3) is 3.04. The van der Waals surface area contributed by atoms with Crippen LogP contribution in [0.3, 0.4) is 0 Å². The van der Waals surface area contributed by atoms with Gasteiger partial charge in [-0.3, -0.25) is 10.2 Å². The second-order valence-corrected chi connectivity index (χ2v) is 7.64. The van der Waals surface area contributed by atoms with E-state index in [-0.39, 0.29) is 6.54 Å².